The smallest absolute Gasteiger partial charge is 0.120 e. The van der Waals surface area contributed by atoms with Crippen molar-refractivity contribution in [1.82, 2.24) is 14.5 Å². The van der Waals surface area contributed by atoms with E-state index in [4.69, 9.17) is 20.4 Å². The Hall–Kier alpha value is -4.83. The van der Waals surface area contributed by atoms with Crippen molar-refractivity contribution in [2.24, 2.45) is 5.92 Å². The number of pyridine rings is 1. The molecule has 0 N–H and O–H groups in total. The van der Waals surface area contributed by atoms with Gasteiger partial charge in [-0.1, -0.05) is 120 Å². The number of aryl methyl sites for hydroxylation is 2. The second-order valence-electron chi connectivity index (χ2n) is 13.9. The average molecular weight is 882 g/mol. The quantitative estimate of drug-likeness (QED) is 0.150. The number of benzene rings is 5. The van der Waals surface area contributed by atoms with E-state index in [0.29, 0.717) is 39.2 Å². The molecule has 0 fully saturated rings. The molecule has 0 aliphatic rings. The first-order valence-corrected chi connectivity index (χ1v) is 17.8. The topological polar surface area (TPSA) is 43.9 Å². The maximum atomic E-state index is 8.28. The zero-order valence-electron chi connectivity index (χ0n) is 38.7. The molecule has 0 aliphatic carbocycles. The van der Waals surface area contributed by atoms with E-state index in [1.807, 2.05) is 60.7 Å². The summed E-state index contributed by atoms with van der Waals surface area (Å²) < 4.78 is 72.7. The Balaban J connectivity index is 0.000000232. The van der Waals surface area contributed by atoms with Crippen LogP contribution in [0.5, 0.6) is 0 Å². The molecule has 5 aromatic carbocycles. The monoisotopic (exact) mass is 882 g/mol. The molecular weight excluding hydrogens is 827 g/mol. The summed E-state index contributed by atoms with van der Waals surface area (Å²) in [6.45, 7) is 7.58. The van der Waals surface area contributed by atoms with Crippen LogP contribution in [-0.4, -0.2) is 14.5 Å². The maximum Gasteiger partial charge on any atom is 0.120 e. The Morgan fingerprint density at radius 2 is 1.53 bits per heavy atom. The molecule has 4 nitrogen and oxygen atoms in total. The molecule has 0 saturated heterocycles. The van der Waals surface area contributed by atoms with Gasteiger partial charge in [0.2, 0.25) is 0 Å². The summed E-state index contributed by atoms with van der Waals surface area (Å²) in [5, 5.41) is 1.37. The van der Waals surface area contributed by atoms with E-state index in [-0.39, 0.29) is 54.5 Å². The van der Waals surface area contributed by atoms with Gasteiger partial charge in [-0.2, -0.15) is 0 Å². The molecule has 53 heavy (non-hydrogen) atoms. The van der Waals surface area contributed by atoms with Crippen LogP contribution < -0.4 is 0 Å². The fourth-order valence-electron chi connectivity index (χ4n) is 6.71. The number of para-hydroxylation sites is 4. The molecule has 0 bridgehead atoms. The Morgan fingerprint density at radius 3 is 2.23 bits per heavy atom. The predicted molar refractivity (Wildman–Crippen MR) is 217 cm³/mol. The molecule has 0 spiro atoms. The molecular formula is C48H47IrN3O-2. The van der Waals surface area contributed by atoms with Crippen molar-refractivity contribution in [1.29, 1.82) is 0 Å². The van der Waals surface area contributed by atoms with Gasteiger partial charge >= 0.3 is 0 Å². The third-order valence-electron chi connectivity index (χ3n) is 9.14. The molecule has 0 aliphatic heterocycles. The molecule has 8 aromatic rings. The van der Waals surface area contributed by atoms with Crippen molar-refractivity contribution in [3.63, 3.8) is 0 Å². The summed E-state index contributed by atoms with van der Waals surface area (Å²) in [6, 6.07) is 38.8. The molecule has 0 atom stereocenters. The molecule has 0 unspecified atom stereocenters. The third-order valence-corrected chi connectivity index (χ3v) is 9.14. The van der Waals surface area contributed by atoms with E-state index in [1.165, 1.54) is 23.4 Å². The Bertz CT molecular complexity index is 2800. The predicted octanol–water partition coefficient (Wildman–Crippen LogP) is 13.0. The average Bonchev–Trinajstić information content (AvgIpc) is 3.79. The minimum atomic E-state index is -2.40. The van der Waals surface area contributed by atoms with Crippen LogP contribution in [0.3, 0.4) is 0 Å². The molecule has 271 valence electrons. The number of furan rings is 1. The van der Waals surface area contributed by atoms with Crippen molar-refractivity contribution in [2.75, 3.05) is 0 Å². The Morgan fingerprint density at radius 1 is 0.811 bits per heavy atom. The maximum absolute atomic E-state index is 8.28. The molecule has 3 aromatic heterocycles. The van der Waals surface area contributed by atoms with Crippen LogP contribution in [0.2, 0.25) is 0 Å². The van der Waals surface area contributed by atoms with Crippen molar-refractivity contribution < 1.29 is 35.5 Å². The molecule has 3 heterocycles. The molecule has 1 radical (unpaired) electrons. The summed E-state index contributed by atoms with van der Waals surface area (Å²) >= 11 is 0. The molecule has 0 amide bonds. The minimum absolute atomic E-state index is 0. The van der Waals surface area contributed by atoms with E-state index in [2.05, 4.69) is 73.6 Å². The molecule has 5 heteroatoms. The normalized spacial score (nSPS) is 14.4. The van der Waals surface area contributed by atoms with Gasteiger partial charge in [-0.05, 0) is 71.6 Å². The molecule has 8 rings (SSSR count). The molecule has 0 saturated carbocycles. The first-order chi connectivity index (χ1) is 28.3. The van der Waals surface area contributed by atoms with Crippen molar-refractivity contribution in [3.8, 4) is 28.3 Å². The van der Waals surface area contributed by atoms with E-state index >= 15 is 0 Å². The number of fused-ring (bicyclic) bond motifs is 4. The van der Waals surface area contributed by atoms with Gasteiger partial charge in [-0.3, -0.25) is 4.98 Å². The number of hydrogen-bond acceptors (Lipinski definition) is 3. The van der Waals surface area contributed by atoms with Gasteiger partial charge in [0.1, 0.15) is 5.58 Å². The summed E-state index contributed by atoms with van der Waals surface area (Å²) in [5.41, 5.74) is 8.77. The first-order valence-electron chi connectivity index (χ1n) is 21.8. The number of aromatic nitrogens is 3. The van der Waals surface area contributed by atoms with Gasteiger partial charge in [0.05, 0.1) is 22.4 Å². The largest absolute Gasteiger partial charge is 0.501 e. The summed E-state index contributed by atoms with van der Waals surface area (Å²) in [6.07, 6.45) is -0.491. The van der Waals surface area contributed by atoms with E-state index < -0.39 is 20.1 Å². The Kier molecular flexibility index (Phi) is 8.67. The van der Waals surface area contributed by atoms with Crippen LogP contribution in [0.4, 0.5) is 0 Å². The van der Waals surface area contributed by atoms with Crippen LogP contribution >= 0.6 is 0 Å². The van der Waals surface area contributed by atoms with Crippen molar-refractivity contribution >= 4 is 33.0 Å². The number of imidazole rings is 1. The van der Waals surface area contributed by atoms with Crippen molar-refractivity contribution in [3.05, 3.63) is 149 Å². The van der Waals surface area contributed by atoms with Gasteiger partial charge in [-0.15, -0.1) is 53.6 Å². The van der Waals surface area contributed by atoms with Gasteiger partial charge in [0.25, 0.3) is 0 Å². The van der Waals surface area contributed by atoms with Gasteiger partial charge in [0.15, 0.2) is 0 Å². The van der Waals surface area contributed by atoms with Crippen LogP contribution in [0.25, 0.3) is 61.3 Å². The zero-order valence-corrected chi connectivity index (χ0v) is 33.1. The van der Waals surface area contributed by atoms with E-state index in [9.17, 15) is 0 Å². The Labute approximate surface area is 338 Å². The second kappa shape index (κ2) is 16.0. The van der Waals surface area contributed by atoms with Crippen LogP contribution in [0.15, 0.2) is 114 Å². The van der Waals surface area contributed by atoms with Crippen LogP contribution in [0.1, 0.15) is 92.2 Å². The second-order valence-corrected chi connectivity index (χ2v) is 13.9. The first kappa shape index (κ1) is 28.6. The summed E-state index contributed by atoms with van der Waals surface area (Å²) in [5.74, 6) is 0.891. The fraction of sp³-hybridized carbons (Fsp3) is 0.250. The van der Waals surface area contributed by atoms with E-state index in [1.54, 1.807) is 26.0 Å². The van der Waals surface area contributed by atoms with Gasteiger partial charge in [0, 0.05) is 48.3 Å². The summed E-state index contributed by atoms with van der Waals surface area (Å²) in [7, 11) is 0. The van der Waals surface area contributed by atoms with Gasteiger partial charge < -0.3 is 14.0 Å². The van der Waals surface area contributed by atoms with Crippen molar-refractivity contribution in [2.45, 2.75) is 73.5 Å². The van der Waals surface area contributed by atoms with E-state index in [0.717, 1.165) is 22.1 Å². The zero-order chi connectivity index (χ0) is 43.3. The SMILES string of the molecule is [2H]C([2H])([2H])c1c[c-]c(-c2nc3ccccc3n2-c2c(C(C)C)cccc2C(C)C)c2oc3ccccc3c12.[2H]C([2H])([2H])c1cnc(-c2[c-]cccc2)cc1C([2H])([2H])C(C)C.[Ir]. The third kappa shape index (κ3) is 7.51. The summed E-state index contributed by atoms with van der Waals surface area (Å²) in [4.78, 5) is 9.29. The van der Waals surface area contributed by atoms with Crippen LogP contribution in [0, 0.1) is 31.8 Å². The van der Waals surface area contributed by atoms with Gasteiger partial charge in [-0.25, -0.2) is 0 Å². The van der Waals surface area contributed by atoms with Crippen LogP contribution in [-0.2, 0) is 26.5 Å². The fourth-order valence-corrected chi connectivity index (χ4v) is 6.71. The number of nitrogens with zero attached hydrogens (tertiary/aromatic N) is 3. The number of hydrogen-bond donors (Lipinski definition) is 0. The minimum Gasteiger partial charge on any atom is -0.501 e. The number of rotatable bonds is 7. The standard InChI is InChI=1S/C32H29N2O.C16H18N.Ir/c1-19(2)22-12-10-13-23(20(3)4)30(22)34-27-15-8-7-14-26(27)33-32(34)25-18-17-21(5)29-24-11-6-9-16-28(24)35-31(25)29;1-12(2)9-15-10-16(17-11-13(15)3)14-7-5-4-6-8-14;/h6-17,19-20H,1-5H3;4-7,10-12H,9H2,1-3H3;/q2*-1;/i5D3;3D3,9D2;.